The summed E-state index contributed by atoms with van der Waals surface area (Å²) in [7, 11) is 1.33. The molecule has 4 amide bonds. The van der Waals surface area contributed by atoms with Crippen molar-refractivity contribution in [3.05, 3.63) is 59.7 Å². The first kappa shape index (κ1) is 43.4. The highest BCUT2D eigenvalue weighted by Gasteiger charge is 2.37. The molecule has 2 rings (SSSR count). The molecule has 0 spiro atoms. The number of likely N-dealkylation sites (N-methyl/N-ethyl adjacent to an activating group) is 1. The van der Waals surface area contributed by atoms with Gasteiger partial charge >= 0.3 is 5.97 Å². The summed E-state index contributed by atoms with van der Waals surface area (Å²) in [6.07, 6.45) is 3.28. The number of hydrogen-bond donors (Lipinski definition) is 9. The Morgan fingerprint density at radius 3 is 1.77 bits per heavy atom. The molecule has 6 atom stereocenters. The van der Waals surface area contributed by atoms with Crippen LogP contribution in [0.15, 0.2) is 48.5 Å². The largest absolute Gasteiger partial charge is 0.508 e. The molecule has 0 saturated heterocycles. The summed E-state index contributed by atoms with van der Waals surface area (Å²) in [5, 5.41) is 57.0. The van der Waals surface area contributed by atoms with Gasteiger partial charge in [-0.3, -0.25) is 19.2 Å². The molecule has 6 unspecified atom stereocenters. The fourth-order valence-corrected chi connectivity index (χ4v) is 5.52. The summed E-state index contributed by atoms with van der Waals surface area (Å²) in [5.41, 5.74) is 7.07. The molecule has 0 radical (unpaired) electrons. The van der Waals surface area contributed by atoms with Gasteiger partial charge in [0.2, 0.25) is 17.7 Å². The molecule has 0 fully saturated rings. The Morgan fingerprint density at radius 1 is 0.750 bits per heavy atom. The van der Waals surface area contributed by atoms with Gasteiger partial charge in [-0.2, -0.15) is 0 Å². The molecule has 2 aromatic rings. The topological polar surface area (TPSA) is 252 Å². The number of hydrogen-bond acceptors (Lipinski definition) is 10. The van der Waals surface area contributed by atoms with E-state index in [1.807, 2.05) is 0 Å². The third kappa shape index (κ3) is 13.8. The van der Waals surface area contributed by atoms with Crippen molar-refractivity contribution in [1.29, 1.82) is 0 Å². The zero-order chi connectivity index (χ0) is 39.0. The fourth-order valence-electron chi connectivity index (χ4n) is 5.52. The van der Waals surface area contributed by atoms with E-state index in [1.165, 1.54) is 43.4 Å². The number of benzene rings is 2. The molecule has 0 aromatic heterocycles. The van der Waals surface area contributed by atoms with E-state index >= 15 is 0 Å². The van der Waals surface area contributed by atoms with E-state index in [0.29, 0.717) is 24.0 Å². The summed E-state index contributed by atoms with van der Waals surface area (Å²) < 4.78 is 0. The molecule has 0 bridgehead atoms. The molecule has 15 heteroatoms. The van der Waals surface area contributed by atoms with Crippen molar-refractivity contribution in [3.63, 3.8) is 0 Å². The Bertz CT molecular complexity index is 1450. The van der Waals surface area contributed by atoms with Crippen molar-refractivity contribution in [1.82, 2.24) is 20.9 Å². The third-order valence-corrected chi connectivity index (χ3v) is 8.84. The number of unbranched alkanes of at least 4 members (excludes halogenated alkanes) is 4. The second-order valence-electron chi connectivity index (χ2n) is 13.4. The van der Waals surface area contributed by atoms with Gasteiger partial charge in [0.25, 0.3) is 5.91 Å². The van der Waals surface area contributed by atoms with Gasteiger partial charge in [-0.1, -0.05) is 77.1 Å². The lowest BCUT2D eigenvalue weighted by molar-refractivity contribution is -0.146. The lowest BCUT2D eigenvalue weighted by Gasteiger charge is -2.33. The van der Waals surface area contributed by atoms with Gasteiger partial charge in [-0.25, -0.2) is 4.79 Å². The first-order chi connectivity index (χ1) is 24.6. The number of carboxylic acid groups (broad SMARTS) is 1. The van der Waals surface area contributed by atoms with Gasteiger partial charge in [0, 0.05) is 25.9 Å². The first-order valence-corrected chi connectivity index (χ1v) is 17.6. The van der Waals surface area contributed by atoms with Gasteiger partial charge in [0.15, 0.2) is 0 Å². The zero-order valence-electron chi connectivity index (χ0n) is 30.3. The number of rotatable bonds is 22. The summed E-state index contributed by atoms with van der Waals surface area (Å²) in [6.45, 7) is 4.51. The molecule has 0 aliphatic heterocycles. The van der Waals surface area contributed by atoms with Crippen LogP contribution in [-0.4, -0.2) is 110 Å². The van der Waals surface area contributed by atoms with E-state index in [-0.39, 0.29) is 24.3 Å². The molecular formula is C37H55N5O10. The van der Waals surface area contributed by atoms with Gasteiger partial charge in [0.05, 0.1) is 6.61 Å². The van der Waals surface area contributed by atoms with E-state index in [0.717, 1.165) is 30.6 Å². The van der Waals surface area contributed by atoms with Crippen LogP contribution >= 0.6 is 0 Å². The van der Waals surface area contributed by atoms with E-state index in [9.17, 15) is 49.5 Å². The number of nitrogens with zero attached hydrogens (tertiary/aromatic N) is 1. The molecule has 52 heavy (non-hydrogen) atoms. The van der Waals surface area contributed by atoms with Crippen molar-refractivity contribution >= 4 is 29.6 Å². The average Bonchev–Trinajstić information content (AvgIpc) is 3.11. The number of aliphatic hydroxyl groups excluding tert-OH is 2. The number of phenols is 2. The number of phenolic OH excluding ortho intramolecular Hbond substituents is 2. The normalized spacial score (nSPS) is 14.7. The molecule has 15 nitrogen and oxygen atoms in total. The van der Waals surface area contributed by atoms with Crippen LogP contribution in [0.25, 0.3) is 0 Å². The first-order valence-electron chi connectivity index (χ1n) is 17.6. The maximum Gasteiger partial charge on any atom is 0.326 e. The van der Waals surface area contributed by atoms with Crippen molar-refractivity contribution < 1.29 is 49.5 Å². The van der Waals surface area contributed by atoms with Crippen molar-refractivity contribution in [3.8, 4) is 11.5 Å². The SMILES string of the molecule is CCCCCCCC(N)C(O)C(=O)NC(CO)C(=O)NC(C(=O)N(C)C(Cc1ccc(O)cc1)C(=O)NC(Cc1ccc(O)cc1)C(=O)O)C(C)C. The molecule has 0 aliphatic carbocycles. The molecular weight excluding hydrogens is 674 g/mol. The minimum Gasteiger partial charge on any atom is -0.508 e. The van der Waals surface area contributed by atoms with Crippen LogP contribution in [0.1, 0.15) is 70.4 Å². The number of aliphatic carboxylic acids is 1. The molecule has 288 valence electrons. The van der Waals surface area contributed by atoms with Gasteiger partial charge in [-0.15, -0.1) is 0 Å². The minimum absolute atomic E-state index is 0.0152. The quantitative estimate of drug-likeness (QED) is 0.0772. The number of nitrogens with one attached hydrogen (secondary N) is 3. The smallest absolute Gasteiger partial charge is 0.326 e. The highest BCUT2D eigenvalue weighted by molar-refractivity contribution is 5.95. The van der Waals surface area contributed by atoms with E-state index in [1.54, 1.807) is 26.0 Å². The number of carboxylic acids is 1. The standard InChI is InChI=1S/C37H55N5O10/c1-5-6-7-8-9-10-27(38)32(46)35(49)40-29(21-43)33(47)41-31(22(2)3)36(50)42(4)30(20-24-13-17-26(45)18-14-24)34(48)39-28(37(51)52)19-23-11-15-25(44)16-12-23/h11-18,22,27-32,43-46H,5-10,19-21,38H2,1-4H3,(H,39,48)(H,40,49)(H,41,47)(H,51,52). The Morgan fingerprint density at radius 2 is 1.27 bits per heavy atom. The second kappa shape index (κ2) is 21.6. The monoisotopic (exact) mass is 729 g/mol. The van der Waals surface area contributed by atoms with Gasteiger partial charge < -0.3 is 52.1 Å². The Labute approximate surface area is 304 Å². The van der Waals surface area contributed by atoms with Crippen molar-refractivity contribution in [2.24, 2.45) is 11.7 Å². The number of carbonyl (C=O) groups excluding carboxylic acids is 4. The van der Waals surface area contributed by atoms with E-state index in [2.05, 4.69) is 22.9 Å². The molecule has 0 aliphatic rings. The predicted octanol–water partition coefficient (Wildman–Crippen LogP) is 0.946. The second-order valence-corrected chi connectivity index (χ2v) is 13.4. The number of nitrogens with two attached hydrogens (primary N) is 1. The van der Waals surface area contributed by atoms with Crippen LogP contribution in [0.4, 0.5) is 0 Å². The third-order valence-electron chi connectivity index (χ3n) is 8.84. The van der Waals surface area contributed by atoms with E-state index < -0.39 is 78.4 Å². The number of aromatic hydroxyl groups is 2. The summed E-state index contributed by atoms with van der Waals surface area (Å²) in [5.74, 6) is -5.33. The molecule has 0 saturated carbocycles. The van der Waals surface area contributed by atoms with Crippen LogP contribution in [0.5, 0.6) is 11.5 Å². The summed E-state index contributed by atoms with van der Waals surface area (Å²) in [6, 6.07) is 5.31. The summed E-state index contributed by atoms with van der Waals surface area (Å²) >= 11 is 0. The van der Waals surface area contributed by atoms with Crippen molar-refractivity contribution in [2.75, 3.05) is 13.7 Å². The van der Waals surface area contributed by atoms with Gasteiger partial charge in [0.1, 0.15) is 41.8 Å². The average molecular weight is 730 g/mol. The van der Waals surface area contributed by atoms with Crippen molar-refractivity contribution in [2.45, 2.75) is 108 Å². The van der Waals surface area contributed by atoms with Crippen LogP contribution in [0, 0.1) is 5.92 Å². The number of aliphatic hydroxyl groups is 2. The maximum absolute atomic E-state index is 14.0. The Balaban J connectivity index is 2.24. The number of carbonyl (C=O) groups is 5. The van der Waals surface area contributed by atoms with Crippen LogP contribution in [0.2, 0.25) is 0 Å². The molecule has 0 heterocycles. The lowest BCUT2D eigenvalue weighted by Crippen LogP contribution is -2.61. The zero-order valence-corrected chi connectivity index (χ0v) is 30.3. The molecule has 10 N–H and O–H groups in total. The van der Waals surface area contributed by atoms with Crippen LogP contribution < -0.4 is 21.7 Å². The van der Waals surface area contributed by atoms with Gasteiger partial charge in [-0.05, 0) is 47.7 Å². The van der Waals surface area contributed by atoms with Crippen LogP contribution in [-0.2, 0) is 36.8 Å². The highest BCUT2D eigenvalue weighted by atomic mass is 16.4. The van der Waals surface area contributed by atoms with Crippen LogP contribution in [0.3, 0.4) is 0 Å². The minimum atomic E-state index is -1.63. The molecule has 2 aromatic carbocycles. The predicted molar refractivity (Wildman–Crippen MR) is 193 cm³/mol. The highest BCUT2D eigenvalue weighted by Crippen LogP contribution is 2.17. The van der Waals surface area contributed by atoms with E-state index in [4.69, 9.17) is 5.73 Å². The number of amides is 4. The Hall–Kier alpha value is -4.73. The lowest BCUT2D eigenvalue weighted by atomic mass is 9.98. The fraction of sp³-hybridized carbons (Fsp3) is 0.541. The maximum atomic E-state index is 14.0. The summed E-state index contributed by atoms with van der Waals surface area (Å²) in [4.78, 5) is 67.1. The Kier molecular flexibility index (Phi) is 18.0.